The summed E-state index contributed by atoms with van der Waals surface area (Å²) in [5.74, 6) is 0. The Morgan fingerprint density at radius 3 is 2.60 bits per heavy atom. The monoisotopic (exact) mass is 281 g/mol. The summed E-state index contributed by atoms with van der Waals surface area (Å²) in [5.41, 5.74) is 0. The molecule has 5 heteroatoms. The summed E-state index contributed by atoms with van der Waals surface area (Å²) in [6.45, 7) is 9.49. The predicted octanol–water partition coefficient (Wildman–Crippen LogP) is 1.45. The van der Waals surface area contributed by atoms with Crippen molar-refractivity contribution >= 4 is 0 Å². The second kappa shape index (κ2) is 7.94. The molecule has 5 nitrogen and oxygen atoms in total. The summed E-state index contributed by atoms with van der Waals surface area (Å²) >= 11 is 0. The number of hydrogen-bond donors (Lipinski definition) is 0. The Balaban J connectivity index is 1.68. The fourth-order valence-electron chi connectivity index (χ4n) is 3.20. The zero-order valence-corrected chi connectivity index (χ0v) is 12.8. The zero-order chi connectivity index (χ0) is 14.4. The van der Waals surface area contributed by atoms with E-state index in [2.05, 4.69) is 29.7 Å². The van der Waals surface area contributed by atoms with Gasteiger partial charge in [0, 0.05) is 38.3 Å². The number of ether oxygens (including phenoxy) is 2. The molecule has 2 aliphatic heterocycles. The predicted molar refractivity (Wildman–Crippen MR) is 77.2 cm³/mol. The van der Waals surface area contributed by atoms with E-state index in [1.54, 1.807) is 0 Å². The van der Waals surface area contributed by atoms with Gasteiger partial charge in [0.25, 0.3) is 0 Å². The maximum absolute atomic E-state index is 8.87. The molecule has 114 valence electrons. The lowest BCUT2D eigenvalue weighted by Gasteiger charge is -2.43. The zero-order valence-electron chi connectivity index (χ0n) is 12.8. The quantitative estimate of drug-likeness (QED) is 0.714. The van der Waals surface area contributed by atoms with Crippen molar-refractivity contribution in [1.29, 1.82) is 5.26 Å². The van der Waals surface area contributed by atoms with Crippen molar-refractivity contribution in [2.45, 2.75) is 51.5 Å². The smallest absolute Gasteiger partial charge is 0.157 e. The van der Waals surface area contributed by atoms with E-state index in [9.17, 15) is 0 Å². The number of rotatable bonds is 5. The summed E-state index contributed by atoms with van der Waals surface area (Å²) in [7, 11) is 0. The molecule has 0 aliphatic carbocycles. The van der Waals surface area contributed by atoms with Crippen LogP contribution in [-0.4, -0.2) is 67.6 Å². The fourth-order valence-corrected chi connectivity index (χ4v) is 3.20. The highest BCUT2D eigenvalue weighted by Crippen LogP contribution is 2.16. The molecule has 2 rings (SSSR count). The van der Waals surface area contributed by atoms with Gasteiger partial charge in [-0.25, -0.2) is 0 Å². The highest BCUT2D eigenvalue weighted by Gasteiger charge is 2.28. The molecule has 3 atom stereocenters. The first-order valence-corrected chi connectivity index (χ1v) is 7.79. The third-order valence-corrected chi connectivity index (χ3v) is 4.28. The molecule has 0 radical (unpaired) electrons. The normalized spacial score (nSPS) is 33.0. The van der Waals surface area contributed by atoms with Gasteiger partial charge in [-0.15, -0.1) is 0 Å². The van der Waals surface area contributed by atoms with Gasteiger partial charge in [-0.3, -0.25) is 9.80 Å². The molecule has 0 saturated carbocycles. The van der Waals surface area contributed by atoms with Gasteiger partial charge in [0.15, 0.2) is 6.29 Å². The van der Waals surface area contributed by atoms with Crippen LogP contribution in [-0.2, 0) is 9.47 Å². The molecule has 0 spiro atoms. The number of hydrogen-bond acceptors (Lipinski definition) is 5. The third-order valence-electron chi connectivity index (χ3n) is 4.28. The van der Waals surface area contributed by atoms with E-state index in [0.29, 0.717) is 18.6 Å². The van der Waals surface area contributed by atoms with Crippen molar-refractivity contribution < 1.29 is 9.47 Å². The van der Waals surface area contributed by atoms with E-state index in [1.807, 2.05) is 0 Å². The van der Waals surface area contributed by atoms with Gasteiger partial charge < -0.3 is 9.47 Å². The summed E-state index contributed by atoms with van der Waals surface area (Å²) in [6, 6.07) is 3.13. The van der Waals surface area contributed by atoms with Gasteiger partial charge in [-0.05, 0) is 33.1 Å². The van der Waals surface area contributed by atoms with E-state index < -0.39 is 0 Å². The van der Waals surface area contributed by atoms with E-state index in [-0.39, 0.29) is 6.29 Å². The van der Waals surface area contributed by atoms with Crippen LogP contribution in [0.25, 0.3) is 0 Å². The van der Waals surface area contributed by atoms with Gasteiger partial charge in [-0.2, -0.15) is 5.26 Å². The van der Waals surface area contributed by atoms with Crippen LogP contribution in [0, 0.1) is 11.3 Å². The van der Waals surface area contributed by atoms with Gasteiger partial charge in [0.05, 0.1) is 19.2 Å². The third kappa shape index (κ3) is 4.42. The summed E-state index contributed by atoms with van der Waals surface area (Å²) in [5, 5.41) is 8.87. The van der Waals surface area contributed by atoms with Crippen molar-refractivity contribution in [1.82, 2.24) is 9.80 Å². The Labute approximate surface area is 122 Å². The molecule has 0 aromatic rings. The Morgan fingerprint density at radius 2 is 2.00 bits per heavy atom. The second-order valence-electron chi connectivity index (χ2n) is 5.95. The fraction of sp³-hybridized carbons (Fsp3) is 0.933. The minimum atomic E-state index is 0.0125. The van der Waals surface area contributed by atoms with Crippen LogP contribution in [0.1, 0.15) is 33.1 Å². The molecular formula is C15H27N3O2. The molecule has 2 saturated heterocycles. The first-order valence-electron chi connectivity index (χ1n) is 7.79. The summed E-state index contributed by atoms with van der Waals surface area (Å²) < 4.78 is 11.4. The highest BCUT2D eigenvalue weighted by atomic mass is 16.7. The van der Waals surface area contributed by atoms with Crippen molar-refractivity contribution in [3.63, 3.8) is 0 Å². The number of nitriles is 1. The van der Waals surface area contributed by atoms with Gasteiger partial charge in [-0.1, -0.05) is 0 Å². The first kappa shape index (κ1) is 15.7. The Morgan fingerprint density at radius 1 is 1.25 bits per heavy atom. The largest absolute Gasteiger partial charge is 0.353 e. The standard InChI is InChI=1S/C15H27N3O2/c1-13-11-17(12-14(2)18(13)7-6-16)8-10-20-15-5-3-4-9-19-15/h13-15H,3-5,7-12H2,1-2H3. The SMILES string of the molecule is CC1CN(CCOC2CCCCO2)CC(C)N1CC#N. The van der Waals surface area contributed by atoms with E-state index in [4.69, 9.17) is 14.7 Å². The lowest BCUT2D eigenvalue weighted by atomic mass is 10.1. The molecule has 3 unspecified atom stereocenters. The summed E-state index contributed by atoms with van der Waals surface area (Å²) in [6.07, 6.45) is 3.42. The van der Waals surface area contributed by atoms with Crippen LogP contribution in [0.2, 0.25) is 0 Å². The van der Waals surface area contributed by atoms with E-state index in [1.165, 1.54) is 6.42 Å². The van der Waals surface area contributed by atoms with Gasteiger partial charge in [0.2, 0.25) is 0 Å². The molecule has 2 aliphatic rings. The van der Waals surface area contributed by atoms with Crippen LogP contribution in [0.15, 0.2) is 0 Å². The Hall–Kier alpha value is -0.670. The maximum atomic E-state index is 8.87. The molecule has 0 aromatic heterocycles. The lowest BCUT2D eigenvalue weighted by molar-refractivity contribution is -0.165. The summed E-state index contributed by atoms with van der Waals surface area (Å²) in [4.78, 5) is 4.72. The number of piperazine rings is 1. The van der Waals surface area contributed by atoms with Crippen LogP contribution >= 0.6 is 0 Å². The van der Waals surface area contributed by atoms with Crippen LogP contribution in [0.4, 0.5) is 0 Å². The minimum Gasteiger partial charge on any atom is -0.353 e. The molecule has 0 N–H and O–H groups in total. The number of nitrogens with zero attached hydrogens (tertiary/aromatic N) is 3. The van der Waals surface area contributed by atoms with Gasteiger partial charge >= 0.3 is 0 Å². The molecule has 0 bridgehead atoms. The second-order valence-corrected chi connectivity index (χ2v) is 5.95. The lowest BCUT2D eigenvalue weighted by Crippen LogP contribution is -2.57. The van der Waals surface area contributed by atoms with Crippen LogP contribution in [0.5, 0.6) is 0 Å². The molecule has 2 fully saturated rings. The highest BCUT2D eigenvalue weighted by molar-refractivity contribution is 4.90. The molecule has 2 heterocycles. The van der Waals surface area contributed by atoms with Crippen molar-refractivity contribution in [3.8, 4) is 6.07 Å². The topological polar surface area (TPSA) is 48.7 Å². The molecular weight excluding hydrogens is 254 g/mol. The molecule has 0 amide bonds. The van der Waals surface area contributed by atoms with Crippen LogP contribution in [0.3, 0.4) is 0 Å². The minimum absolute atomic E-state index is 0.0125. The first-order chi connectivity index (χ1) is 9.70. The molecule has 20 heavy (non-hydrogen) atoms. The van der Waals surface area contributed by atoms with Crippen LogP contribution < -0.4 is 0 Å². The van der Waals surface area contributed by atoms with Crippen molar-refractivity contribution in [3.05, 3.63) is 0 Å². The Kier molecular flexibility index (Phi) is 6.24. The molecule has 0 aromatic carbocycles. The maximum Gasteiger partial charge on any atom is 0.157 e. The average Bonchev–Trinajstić information content (AvgIpc) is 2.44. The van der Waals surface area contributed by atoms with Crippen molar-refractivity contribution in [2.75, 3.05) is 39.4 Å². The van der Waals surface area contributed by atoms with E-state index in [0.717, 1.165) is 45.7 Å². The van der Waals surface area contributed by atoms with E-state index >= 15 is 0 Å². The Bertz CT molecular complexity index is 314. The van der Waals surface area contributed by atoms with Gasteiger partial charge in [0.1, 0.15) is 0 Å². The average molecular weight is 281 g/mol. The van der Waals surface area contributed by atoms with Crippen molar-refractivity contribution in [2.24, 2.45) is 0 Å².